The zero-order chi connectivity index (χ0) is 13.4. The lowest BCUT2D eigenvalue weighted by atomic mass is 9.95. The zero-order valence-corrected chi connectivity index (χ0v) is 11.6. The summed E-state index contributed by atoms with van der Waals surface area (Å²) in [4.78, 5) is 15.7. The fourth-order valence-corrected chi connectivity index (χ4v) is 2.51. The summed E-state index contributed by atoms with van der Waals surface area (Å²) in [5.41, 5.74) is 3.44. The number of anilines is 1. The molecule has 1 saturated heterocycles. The molecule has 0 aromatic carbocycles. The molecule has 0 spiro atoms. The van der Waals surface area contributed by atoms with E-state index in [0.717, 1.165) is 30.4 Å². The van der Waals surface area contributed by atoms with E-state index in [4.69, 9.17) is 0 Å². The van der Waals surface area contributed by atoms with Gasteiger partial charge < -0.3 is 4.90 Å². The van der Waals surface area contributed by atoms with E-state index in [0.29, 0.717) is 5.92 Å². The van der Waals surface area contributed by atoms with Crippen LogP contribution in [0.2, 0.25) is 0 Å². The van der Waals surface area contributed by atoms with Gasteiger partial charge in [0.1, 0.15) is 11.6 Å². The standard InChI is InChI=1S/C15H18N4/c1-10-11(2)17-12(3)18-15(10)19-8-13(9-19)14-6-4-5-7-16-14/h4-7,13H,8-9H2,1-3H3. The van der Waals surface area contributed by atoms with Gasteiger partial charge in [-0.15, -0.1) is 0 Å². The van der Waals surface area contributed by atoms with E-state index in [1.807, 2.05) is 26.1 Å². The van der Waals surface area contributed by atoms with Gasteiger partial charge >= 0.3 is 0 Å². The molecule has 3 rings (SSSR count). The first kappa shape index (κ1) is 12.1. The minimum Gasteiger partial charge on any atom is -0.355 e. The van der Waals surface area contributed by atoms with Crippen molar-refractivity contribution in [1.29, 1.82) is 0 Å². The average molecular weight is 254 g/mol. The molecule has 1 fully saturated rings. The van der Waals surface area contributed by atoms with Crippen molar-refractivity contribution in [3.05, 3.63) is 47.2 Å². The van der Waals surface area contributed by atoms with E-state index >= 15 is 0 Å². The maximum Gasteiger partial charge on any atom is 0.135 e. The smallest absolute Gasteiger partial charge is 0.135 e. The second kappa shape index (κ2) is 4.61. The van der Waals surface area contributed by atoms with Crippen LogP contribution >= 0.6 is 0 Å². The molecule has 0 radical (unpaired) electrons. The lowest BCUT2D eigenvalue weighted by Gasteiger charge is -2.40. The maximum absolute atomic E-state index is 4.58. The number of hydrogen-bond donors (Lipinski definition) is 0. The summed E-state index contributed by atoms with van der Waals surface area (Å²) >= 11 is 0. The van der Waals surface area contributed by atoms with Crippen molar-refractivity contribution in [2.45, 2.75) is 26.7 Å². The van der Waals surface area contributed by atoms with Crippen LogP contribution < -0.4 is 4.90 Å². The van der Waals surface area contributed by atoms with E-state index in [-0.39, 0.29) is 0 Å². The van der Waals surface area contributed by atoms with Crippen LogP contribution in [0.1, 0.15) is 28.7 Å². The van der Waals surface area contributed by atoms with Crippen LogP contribution in [0.15, 0.2) is 24.4 Å². The Balaban J connectivity index is 1.78. The third-order valence-corrected chi connectivity index (χ3v) is 3.76. The Morgan fingerprint density at radius 3 is 2.58 bits per heavy atom. The fraction of sp³-hybridized carbons (Fsp3) is 0.400. The first-order valence-electron chi connectivity index (χ1n) is 6.63. The molecule has 2 aromatic rings. The molecule has 0 amide bonds. The minimum absolute atomic E-state index is 0.524. The third-order valence-electron chi connectivity index (χ3n) is 3.76. The van der Waals surface area contributed by atoms with E-state index in [1.165, 1.54) is 11.3 Å². The molecule has 0 atom stereocenters. The van der Waals surface area contributed by atoms with Crippen LogP contribution in [0.5, 0.6) is 0 Å². The fourth-order valence-electron chi connectivity index (χ4n) is 2.51. The van der Waals surface area contributed by atoms with Crippen LogP contribution in [0.4, 0.5) is 5.82 Å². The van der Waals surface area contributed by atoms with Gasteiger partial charge in [-0.1, -0.05) is 6.07 Å². The Bertz CT molecular complexity index is 589. The van der Waals surface area contributed by atoms with Gasteiger partial charge in [-0.25, -0.2) is 9.97 Å². The predicted molar refractivity (Wildman–Crippen MR) is 75.4 cm³/mol. The van der Waals surface area contributed by atoms with Gasteiger partial charge in [0.25, 0.3) is 0 Å². The summed E-state index contributed by atoms with van der Waals surface area (Å²) in [6, 6.07) is 6.11. The lowest BCUT2D eigenvalue weighted by Crippen LogP contribution is -2.46. The van der Waals surface area contributed by atoms with Crippen molar-refractivity contribution in [2.24, 2.45) is 0 Å². The van der Waals surface area contributed by atoms with E-state index < -0.39 is 0 Å². The molecule has 4 nitrogen and oxygen atoms in total. The highest BCUT2D eigenvalue weighted by Crippen LogP contribution is 2.31. The number of nitrogens with zero attached hydrogens (tertiary/aromatic N) is 4. The van der Waals surface area contributed by atoms with Gasteiger partial charge in [0.2, 0.25) is 0 Å². The molecule has 0 unspecified atom stereocenters. The summed E-state index contributed by atoms with van der Waals surface area (Å²) in [6.07, 6.45) is 1.86. The Hall–Kier alpha value is -1.97. The molecular weight excluding hydrogens is 236 g/mol. The normalized spacial score (nSPS) is 15.4. The first-order valence-corrected chi connectivity index (χ1v) is 6.63. The Morgan fingerprint density at radius 1 is 1.11 bits per heavy atom. The maximum atomic E-state index is 4.58. The number of pyridine rings is 1. The first-order chi connectivity index (χ1) is 9.15. The highest BCUT2D eigenvalue weighted by atomic mass is 15.3. The number of aromatic nitrogens is 3. The van der Waals surface area contributed by atoms with E-state index in [9.17, 15) is 0 Å². The lowest BCUT2D eigenvalue weighted by molar-refractivity contribution is 0.506. The molecule has 3 heterocycles. The predicted octanol–water partition coefficient (Wildman–Crippen LogP) is 2.40. The van der Waals surface area contributed by atoms with Gasteiger partial charge in [0.05, 0.1) is 0 Å². The van der Waals surface area contributed by atoms with Gasteiger partial charge in [0.15, 0.2) is 0 Å². The Labute approximate surface area is 113 Å². The molecule has 98 valence electrons. The largest absolute Gasteiger partial charge is 0.355 e. The van der Waals surface area contributed by atoms with Crippen molar-refractivity contribution < 1.29 is 0 Å². The summed E-state index contributed by atoms with van der Waals surface area (Å²) in [6.45, 7) is 8.08. The summed E-state index contributed by atoms with van der Waals surface area (Å²) in [7, 11) is 0. The highest BCUT2D eigenvalue weighted by molar-refractivity contribution is 5.51. The molecule has 4 heteroatoms. The molecule has 0 N–H and O–H groups in total. The van der Waals surface area contributed by atoms with Crippen LogP contribution in [-0.2, 0) is 0 Å². The molecule has 19 heavy (non-hydrogen) atoms. The zero-order valence-electron chi connectivity index (χ0n) is 11.6. The second-order valence-corrected chi connectivity index (χ2v) is 5.16. The monoisotopic (exact) mass is 254 g/mol. The minimum atomic E-state index is 0.524. The van der Waals surface area contributed by atoms with Crippen LogP contribution in [0.3, 0.4) is 0 Å². The van der Waals surface area contributed by atoms with Crippen molar-refractivity contribution >= 4 is 5.82 Å². The van der Waals surface area contributed by atoms with Crippen LogP contribution in [0, 0.1) is 20.8 Å². The van der Waals surface area contributed by atoms with Crippen molar-refractivity contribution in [1.82, 2.24) is 15.0 Å². The van der Waals surface area contributed by atoms with E-state index in [2.05, 4.69) is 38.9 Å². The topological polar surface area (TPSA) is 41.9 Å². The van der Waals surface area contributed by atoms with Gasteiger partial charge in [0, 0.05) is 42.2 Å². The average Bonchev–Trinajstić information content (AvgIpc) is 2.34. The Kier molecular flexibility index (Phi) is 2.93. The van der Waals surface area contributed by atoms with Crippen molar-refractivity contribution in [3.63, 3.8) is 0 Å². The molecule has 0 bridgehead atoms. The van der Waals surface area contributed by atoms with Crippen LogP contribution in [0.25, 0.3) is 0 Å². The van der Waals surface area contributed by atoms with Gasteiger partial charge in [-0.3, -0.25) is 4.98 Å². The number of aryl methyl sites for hydroxylation is 2. The van der Waals surface area contributed by atoms with Gasteiger partial charge in [-0.2, -0.15) is 0 Å². The Morgan fingerprint density at radius 2 is 1.89 bits per heavy atom. The van der Waals surface area contributed by atoms with Gasteiger partial charge in [-0.05, 0) is 32.9 Å². The quantitative estimate of drug-likeness (QED) is 0.825. The summed E-state index contributed by atoms with van der Waals surface area (Å²) in [5, 5.41) is 0. The van der Waals surface area contributed by atoms with Crippen LogP contribution in [-0.4, -0.2) is 28.0 Å². The molecule has 0 saturated carbocycles. The third kappa shape index (κ3) is 2.18. The molecule has 1 aliphatic rings. The highest BCUT2D eigenvalue weighted by Gasteiger charge is 2.31. The number of hydrogen-bond acceptors (Lipinski definition) is 4. The number of rotatable bonds is 2. The summed E-state index contributed by atoms with van der Waals surface area (Å²) in [5.74, 6) is 2.45. The SMILES string of the molecule is Cc1nc(C)c(C)c(N2CC(c3ccccn3)C2)n1. The van der Waals surface area contributed by atoms with Crippen molar-refractivity contribution in [3.8, 4) is 0 Å². The van der Waals surface area contributed by atoms with Crippen molar-refractivity contribution in [2.75, 3.05) is 18.0 Å². The summed E-state index contributed by atoms with van der Waals surface area (Å²) < 4.78 is 0. The molecule has 0 aliphatic carbocycles. The van der Waals surface area contributed by atoms with E-state index in [1.54, 1.807) is 0 Å². The molecule has 1 aliphatic heterocycles. The molecule has 2 aromatic heterocycles. The molecular formula is C15H18N4. The second-order valence-electron chi connectivity index (χ2n) is 5.16.